The molecule has 1 aromatic heterocycles. The number of nitrogens with zero attached hydrogens (tertiary/aromatic N) is 1. The van der Waals surface area contributed by atoms with Gasteiger partial charge in [-0.1, -0.05) is 25.1 Å². The van der Waals surface area contributed by atoms with Crippen molar-refractivity contribution in [3.63, 3.8) is 0 Å². The van der Waals surface area contributed by atoms with Crippen LogP contribution in [-0.2, 0) is 4.79 Å². The first kappa shape index (κ1) is 12.7. The third-order valence-electron chi connectivity index (χ3n) is 3.97. The number of aliphatic carboxylic acids is 1. The quantitative estimate of drug-likeness (QED) is 0.879. The molecule has 0 bridgehead atoms. The molecule has 3 rings (SSSR count). The van der Waals surface area contributed by atoms with Crippen molar-refractivity contribution in [2.75, 3.05) is 6.54 Å². The Bertz CT molecular complexity index is 644. The lowest BCUT2D eigenvalue weighted by Gasteiger charge is -2.22. The number of rotatable bonds is 2. The maximum absolute atomic E-state index is 12.5. The molecule has 1 aliphatic heterocycles. The summed E-state index contributed by atoms with van der Waals surface area (Å²) >= 11 is 0. The standard InChI is InChI=1S/C15H16N2O3/c1-9-6-7-17(13(9)15(19)20)14(18)12-8-10-4-2-3-5-11(10)16-12/h2-5,8-9,13,16H,6-7H2,1H3,(H,19,20). The van der Waals surface area contributed by atoms with Gasteiger partial charge in [-0.3, -0.25) is 4.79 Å². The van der Waals surface area contributed by atoms with Gasteiger partial charge in [0, 0.05) is 17.4 Å². The van der Waals surface area contributed by atoms with Gasteiger partial charge >= 0.3 is 5.97 Å². The molecular formula is C15H16N2O3. The van der Waals surface area contributed by atoms with Gasteiger partial charge in [0.25, 0.3) is 5.91 Å². The maximum Gasteiger partial charge on any atom is 0.326 e. The molecule has 2 atom stereocenters. The molecule has 0 aliphatic carbocycles. The number of nitrogens with one attached hydrogen (secondary N) is 1. The van der Waals surface area contributed by atoms with Crippen molar-refractivity contribution >= 4 is 22.8 Å². The average molecular weight is 272 g/mol. The number of aromatic nitrogens is 1. The predicted octanol–water partition coefficient (Wildman–Crippen LogP) is 2.10. The van der Waals surface area contributed by atoms with E-state index in [1.807, 2.05) is 31.2 Å². The summed E-state index contributed by atoms with van der Waals surface area (Å²) in [5, 5.41) is 10.2. The number of amides is 1. The molecule has 1 fully saturated rings. The molecule has 2 heterocycles. The third kappa shape index (κ3) is 1.95. The fourth-order valence-electron chi connectivity index (χ4n) is 2.89. The lowest BCUT2D eigenvalue weighted by atomic mass is 10.0. The minimum absolute atomic E-state index is 0.0131. The van der Waals surface area contributed by atoms with E-state index in [0.717, 1.165) is 17.3 Å². The largest absolute Gasteiger partial charge is 0.480 e. The lowest BCUT2D eigenvalue weighted by Crippen LogP contribution is -2.42. The molecule has 1 aromatic carbocycles. The Kier molecular flexibility index (Phi) is 2.97. The Labute approximate surface area is 116 Å². The van der Waals surface area contributed by atoms with Gasteiger partial charge in [-0.15, -0.1) is 0 Å². The number of hydrogen-bond acceptors (Lipinski definition) is 2. The van der Waals surface area contributed by atoms with Gasteiger partial charge < -0.3 is 15.0 Å². The lowest BCUT2D eigenvalue weighted by molar-refractivity contribution is -0.142. The molecule has 104 valence electrons. The average Bonchev–Trinajstić information content (AvgIpc) is 3.00. The van der Waals surface area contributed by atoms with Gasteiger partial charge in [0.2, 0.25) is 0 Å². The highest BCUT2D eigenvalue weighted by molar-refractivity contribution is 5.99. The van der Waals surface area contributed by atoms with Crippen LogP contribution in [0.3, 0.4) is 0 Å². The van der Waals surface area contributed by atoms with E-state index >= 15 is 0 Å². The molecule has 2 aromatic rings. The van der Waals surface area contributed by atoms with Crippen LogP contribution in [0.1, 0.15) is 23.8 Å². The number of hydrogen-bond donors (Lipinski definition) is 2. The molecule has 2 unspecified atom stereocenters. The SMILES string of the molecule is CC1CCN(C(=O)c2cc3ccccc3[nH]2)C1C(=O)O. The number of para-hydroxylation sites is 1. The van der Waals surface area contributed by atoms with Gasteiger partial charge in [-0.2, -0.15) is 0 Å². The Morgan fingerprint density at radius 2 is 2.10 bits per heavy atom. The van der Waals surface area contributed by atoms with Gasteiger partial charge in [0.05, 0.1) is 0 Å². The number of aromatic amines is 1. The number of carbonyl (C=O) groups is 2. The maximum atomic E-state index is 12.5. The molecule has 0 radical (unpaired) electrons. The molecule has 1 saturated heterocycles. The molecular weight excluding hydrogens is 256 g/mol. The van der Waals surface area contributed by atoms with Gasteiger partial charge in [0.1, 0.15) is 11.7 Å². The fourth-order valence-corrected chi connectivity index (χ4v) is 2.89. The van der Waals surface area contributed by atoms with Crippen LogP contribution in [-0.4, -0.2) is 39.5 Å². The van der Waals surface area contributed by atoms with E-state index in [9.17, 15) is 14.7 Å². The Hall–Kier alpha value is -2.30. The summed E-state index contributed by atoms with van der Waals surface area (Å²) in [6.07, 6.45) is 0.725. The van der Waals surface area contributed by atoms with Crippen LogP contribution in [0.25, 0.3) is 10.9 Å². The van der Waals surface area contributed by atoms with Crippen LogP contribution in [0.15, 0.2) is 30.3 Å². The molecule has 0 spiro atoms. The van der Waals surface area contributed by atoms with E-state index in [4.69, 9.17) is 0 Å². The molecule has 1 amide bonds. The number of fused-ring (bicyclic) bond motifs is 1. The zero-order valence-corrected chi connectivity index (χ0v) is 11.2. The van der Waals surface area contributed by atoms with E-state index < -0.39 is 12.0 Å². The van der Waals surface area contributed by atoms with Crippen molar-refractivity contribution in [3.05, 3.63) is 36.0 Å². The predicted molar refractivity (Wildman–Crippen MR) is 74.5 cm³/mol. The smallest absolute Gasteiger partial charge is 0.326 e. The number of H-pyrrole nitrogens is 1. The van der Waals surface area contributed by atoms with Crippen LogP contribution in [0.5, 0.6) is 0 Å². The van der Waals surface area contributed by atoms with Crippen molar-refractivity contribution in [1.82, 2.24) is 9.88 Å². The highest BCUT2D eigenvalue weighted by Gasteiger charge is 2.40. The summed E-state index contributed by atoms with van der Waals surface area (Å²) in [5.74, 6) is -1.18. The van der Waals surface area contributed by atoms with Crippen molar-refractivity contribution in [2.45, 2.75) is 19.4 Å². The summed E-state index contributed by atoms with van der Waals surface area (Å²) in [6.45, 7) is 2.36. The summed E-state index contributed by atoms with van der Waals surface area (Å²) in [4.78, 5) is 28.4. The summed E-state index contributed by atoms with van der Waals surface area (Å²) in [7, 11) is 0. The first-order chi connectivity index (χ1) is 9.58. The van der Waals surface area contributed by atoms with E-state index in [2.05, 4.69) is 4.98 Å². The van der Waals surface area contributed by atoms with Crippen molar-refractivity contribution in [1.29, 1.82) is 0 Å². The Morgan fingerprint density at radius 3 is 2.80 bits per heavy atom. The van der Waals surface area contributed by atoms with E-state index in [1.54, 1.807) is 6.07 Å². The third-order valence-corrected chi connectivity index (χ3v) is 3.97. The highest BCUT2D eigenvalue weighted by Crippen LogP contribution is 2.26. The van der Waals surface area contributed by atoms with Gasteiger partial charge in [0.15, 0.2) is 0 Å². The molecule has 5 heteroatoms. The van der Waals surface area contributed by atoms with E-state index in [-0.39, 0.29) is 11.8 Å². The minimum atomic E-state index is -0.931. The van der Waals surface area contributed by atoms with Crippen molar-refractivity contribution in [2.24, 2.45) is 5.92 Å². The van der Waals surface area contributed by atoms with Gasteiger partial charge in [-0.25, -0.2) is 4.79 Å². The summed E-state index contributed by atoms with van der Waals surface area (Å²) in [5.41, 5.74) is 1.33. The number of carboxylic acid groups (broad SMARTS) is 1. The molecule has 2 N–H and O–H groups in total. The monoisotopic (exact) mass is 272 g/mol. The van der Waals surface area contributed by atoms with Gasteiger partial charge in [-0.05, 0) is 24.5 Å². The number of carboxylic acids is 1. The fraction of sp³-hybridized carbons (Fsp3) is 0.333. The second-order valence-electron chi connectivity index (χ2n) is 5.32. The van der Waals surface area contributed by atoms with Crippen LogP contribution >= 0.6 is 0 Å². The summed E-state index contributed by atoms with van der Waals surface area (Å²) in [6, 6.07) is 8.67. The second kappa shape index (κ2) is 4.67. The normalized spacial score (nSPS) is 22.4. The first-order valence-corrected chi connectivity index (χ1v) is 6.69. The van der Waals surface area contributed by atoms with E-state index in [1.165, 1.54) is 4.90 Å². The molecule has 0 saturated carbocycles. The van der Waals surface area contributed by atoms with Crippen molar-refractivity contribution in [3.8, 4) is 0 Å². The minimum Gasteiger partial charge on any atom is -0.480 e. The Morgan fingerprint density at radius 1 is 1.35 bits per heavy atom. The van der Waals surface area contributed by atoms with Crippen LogP contribution < -0.4 is 0 Å². The topological polar surface area (TPSA) is 73.4 Å². The zero-order valence-electron chi connectivity index (χ0n) is 11.2. The van der Waals surface area contributed by atoms with E-state index in [0.29, 0.717) is 12.2 Å². The number of likely N-dealkylation sites (tertiary alicyclic amines) is 1. The molecule has 5 nitrogen and oxygen atoms in total. The van der Waals surface area contributed by atoms with Crippen LogP contribution in [0.4, 0.5) is 0 Å². The highest BCUT2D eigenvalue weighted by atomic mass is 16.4. The van der Waals surface area contributed by atoms with Crippen LogP contribution in [0.2, 0.25) is 0 Å². The van der Waals surface area contributed by atoms with Crippen LogP contribution in [0, 0.1) is 5.92 Å². The summed E-state index contributed by atoms with van der Waals surface area (Å²) < 4.78 is 0. The second-order valence-corrected chi connectivity index (χ2v) is 5.32. The Balaban J connectivity index is 1.93. The molecule has 1 aliphatic rings. The zero-order chi connectivity index (χ0) is 14.3. The first-order valence-electron chi connectivity index (χ1n) is 6.69. The number of carbonyl (C=O) groups excluding carboxylic acids is 1. The van der Waals surface area contributed by atoms with Crippen molar-refractivity contribution < 1.29 is 14.7 Å². The number of benzene rings is 1. The molecule has 20 heavy (non-hydrogen) atoms.